The third-order valence-electron chi connectivity index (χ3n) is 2.85. The molecule has 7 heteroatoms. The van der Waals surface area contributed by atoms with Gasteiger partial charge in [0.05, 0.1) is 15.6 Å². The SMILES string of the molecule is O=C(CSc1cccs1)Nc1cc(=O)n(-c2ccccc2)[nH]1. The first kappa shape index (κ1) is 14.7. The molecule has 0 radical (unpaired) electrons. The van der Waals surface area contributed by atoms with Gasteiger partial charge in [0.1, 0.15) is 5.82 Å². The van der Waals surface area contributed by atoms with Crippen molar-refractivity contribution in [2.75, 3.05) is 11.1 Å². The summed E-state index contributed by atoms with van der Waals surface area (Å²) < 4.78 is 2.48. The smallest absolute Gasteiger partial charge is 0.273 e. The number of anilines is 1. The number of para-hydroxylation sites is 1. The van der Waals surface area contributed by atoms with Crippen LogP contribution in [-0.2, 0) is 4.79 Å². The molecule has 22 heavy (non-hydrogen) atoms. The van der Waals surface area contributed by atoms with Crippen molar-refractivity contribution in [2.24, 2.45) is 0 Å². The normalized spacial score (nSPS) is 10.5. The van der Waals surface area contributed by atoms with Crippen LogP contribution in [0.3, 0.4) is 0 Å². The van der Waals surface area contributed by atoms with Gasteiger partial charge in [-0.15, -0.1) is 23.1 Å². The van der Waals surface area contributed by atoms with Gasteiger partial charge in [-0.3, -0.25) is 14.7 Å². The number of hydrogen-bond donors (Lipinski definition) is 2. The first-order valence-electron chi connectivity index (χ1n) is 6.56. The van der Waals surface area contributed by atoms with Crippen molar-refractivity contribution in [3.05, 3.63) is 64.3 Å². The Morgan fingerprint density at radius 1 is 1.23 bits per heavy atom. The second-order valence-corrected chi connectivity index (χ2v) is 6.67. The van der Waals surface area contributed by atoms with E-state index in [1.54, 1.807) is 11.3 Å². The molecule has 3 rings (SSSR count). The van der Waals surface area contributed by atoms with Crippen LogP contribution in [0.4, 0.5) is 5.82 Å². The maximum Gasteiger partial charge on any atom is 0.273 e. The Morgan fingerprint density at radius 3 is 2.77 bits per heavy atom. The maximum atomic E-state index is 11.9. The van der Waals surface area contributed by atoms with Gasteiger partial charge >= 0.3 is 0 Å². The average molecular weight is 331 g/mol. The molecule has 0 aliphatic carbocycles. The van der Waals surface area contributed by atoms with Crippen molar-refractivity contribution in [3.8, 4) is 5.69 Å². The molecule has 0 aliphatic heterocycles. The van der Waals surface area contributed by atoms with Gasteiger partial charge in [-0.05, 0) is 23.6 Å². The highest BCUT2D eigenvalue weighted by molar-refractivity contribution is 8.01. The monoisotopic (exact) mass is 331 g/mol. The number of rotatable bonds is 5. The highest BCUT2D eigenvalue weighted by Gasteiger charge is 2.08. The zero-order chi connectivity index (χ0) is 15.4. The number of H-pyrrole nitrogens is 1. The summed E-state index contributed by atoms with van der Waals surface area (Å²) in [6.45, 7) is 0. The summed E-state index contributed by atoms with van der Waals surface area (Å²) in [7, 11) is 0. The van der Waals surface area contributed by atoms with E-state index in [1.165, 1.54) is 22.5 Å². The molecule has 0 unspecified atom stereocenters. The van der Waals surface area contributed by atoms with Crippen LogP contribution in [0.1, 0.15) is 0 Å². The van der Waals surface area contributed by atoms with Crippen LogP contribution in [0, 0.1) is 0 Å². The standard InChI is InChI=1S/C15H13N3O2S2/c19-13(10-22-15-7-4-8-21-15)16-12-9-14(20)18(17-12)11-5-2-1-3-6-11/h1-9,17H,10H2,(H,16,19). The van der Waals surface area contributed by atoms with Gasteiger partial charge in [0.25, 0.3) is 5.56 Å². The summed E-state index contributed by atoms with van der Waals surface area (Å²) >= 11 is 3.07. The maximum absolute atomic E-state index is 11.9. The lowest BCUT2D eigenvalue weighted by molar-refractivity contribution is -0.113. The van der Waals surface area contributed by atoms with E-state index in [4.69, 9.17) is 0 Å². The topological polar surface area (TPSA) is 66.9 Å². The van der Waals surface area contributed by atoms with E-state index in [1.807, 2.05) is 47.8 Å². The number of carbonyl (C=O) groups excluding carboxylic acids is 1. The lowest BCUT2D eigenvalue weighted by Crippen LogP contribution is -2.14. The summed E-state index contributed by atoms with van der Waals surface area (Å²) in [5.41, 5.74) is 0.508. The van der Waals surface area contributed by atoms with E-state index in [9.17, 15) is 9.59 Å². The molecule has 2 heterocycles. The quantitative estimate of drug-likeness (QED) is 0.706. The van der Waals surface area contributed by atoms with Crippen LogP contribution in [0.15, 0.2) is 62.9 Å². The Hall–Kier alpha value is -2.25. The number of aromatic amines is 1. The Morgan fingerprint density at radius 2 is 2.05 bits per heavy atom. The Bertz CT molecular complexity index is 807. The van der Waals surface area contributed by atoms with Crippen molar-refractivity contribution in [1.29, 1.82) is 0 Å². The molecule has 112 valence electrons. The predicted molar refractivity (Wildman–Crippen MR) is 90.1 cm³/mol. The van der Waals surface area contributed by atoms with E-state index < -0.39 is 0 Å². The van der Waals surface area contributed by atoms with Gasteiger partial charge in [0.15, 0.2) is 0 Å². The number of thiophene rings is 1. The van der Waals surface area contributed by atoms with Crippen LogP contribution in [0.25, 0.3) is 5.69 Å². The van der Waals surface area contributed by atoms with E-state index in [0.29, 0.717) is 11.6 Å². The molecule has 0 bridgehead atoms. The molecule has 0 atom stereocenters. The van der Waals surface area contributed by atoms with Crippen molar-refractivity contribution in [1.82, 2.24) is 9.78 Å². The fraction of sp³-hybridized carbons (Fsp3) is 0.0667. The van der Waals surface area contributed by atoms with E-state index in [-0.39, 0.29) is 11.5 Å². The molecule has 3 aromatic rings. The number of benzene rings is 1. The molecule has 1 aromatic carbocycles. The zero-order valence-electron chi connectivity index (χ0n) is 11.5. The first-order chi connectivity index (χ1) is 10.7. The van der Waals surface area contributed by atoms with Crippen molar-refractivity contribution < 1.29 is 4.79 Å². The number of thioether (sulfide) groups is 1. The molecule has 2 N–H and O–H groups in total. The number of carbonyl (C=O) groups is 1. The van der Waals surface area contributed by atoms with Gasteiger partial charge < -0.3 is 5.32 Å². The Kier molecular flexibility index (Phi) is 4.45. The van der Waals surface area contributed by atoms with Gasteiger partial charge in [-0.2, -0.15) is 0 Å². The van der Waals surface area contributed by atoms with Crippen LogP contribution >= 0.6 is 23.1 Å². The average Bonchev–Trinajstić information content (AvgIpc) is 3.16. The van der Waals surface area contributed by atoms with E-state index in [2.05, 4.69) is 10.4 Å². The van der Waals surface area contributed by atoms with Crippen molar-refractivity contribution >= 4 is 34.8 Å². The molecule has 0 saturated carbocycles. The minimum Gasteiger partial charge on any atom is -0.310 e. The van der Waals surface area contributed by atoms with Crippen molar-refractivity contribution in [2.45, 2.75) is 4.21 Å². The summed E-state index contributed by atoms with van der Waals surface area (Å²) in [4.78, 5) is 23.8. The molecule has 0 fully saturated rings. The molecule has 0 aliphatic rings. The highest BCUT2D eigenvalue weighted by atomic mass is 32.2. The van der Waals surface area contributed by atoms with Gasteiger partial charge in [-0.25, -0.2) is 4.68 Å². The second-order valence-electron chi connectivity index (χ2n) is 4.45. The van der Waals surface area contributed by atoms with Gasteiger partial charge in [0, 0.05) is 6.07 Å². The molecule has 0 spiro atoms. The third kappa shape index (κ3) is 3.49. The van der Waals surface area contributed by atoms with Crippen molar-refractivity contribution in [3.63, 3.8) is 0 Å². The number of amides is 1. The van der Waals surface area contributed by atoms with E-state index >= 15 is 0 Å². The van der Waals surface area contributed by atoms with Gasteiger partial charge in [-0.1, -0.05) is 24.3 Å². The van der Waals surface area contributed by atoms with Gasteiger partial charge in [0.2, 0.25) is 5.91 Å². The first-order valence-corrected chi connectivity index (χ1v) is 8.42. The van der Waals surface area contributed by atoms with Crippen LogP contribution < -0.4 is 10.9 Å². The zero-order valence-corrected chi connectivity index (χ0v) is 13.1. The number of nitrogens with zero attached hydrogens (tertiary/aromatic N) is 1. The Labute approximate surface area is 135 Å². The lowest BCUT2D eigenvalue weighted by Gasteiger charge is -2.03. The fourth-order valence-electron chi connectivity index (χ4n) is 1.90. The largest absolute Gasteiger partial charge is 0.310 e. The molecular formula is C15H13N3O2S2. The fourth-order valence-corrected chi connectivity index (χ4v) is 3.48. The summed E-state index contributed by atoms with van der Waals surface area (Å²) in [5.74, 6) is 0.546. The molecule has 0 saturated heterocycles. The second kappa shape index (κ2) is 6.67. The number of aromatic nitrogens is 2. The van der Waals surface area contributed by atoms with Crippen LogP contribution in [-0.4, -0.2) is 21.4 Å². The van der Waals surface area contributed by atoms with Crippen LogP contribution in [0.2, 0.25) is 0 Å². The summed E-state index contributed by atoms with van der Waals surface area (Å²) in [5, 5.41) is 7.56. The van der Waals surface area contributed by atoms with E-state index in [0.717, 1.165) is 9.90 Å². The predicted octanol–water partition coefficient (Wildman–Crippen LogP) is 2.96. The minimum absolute atomic E-state index is 0.153. The summed E-state index contributed by atoms with van der Waals surface area (Å²) in [6, 6.07) is 14.5. The number of hydrogen-bond acceptors (Lipinski definition) is 4. The number of nitrogens with one attached hydrogen (secondary N) is 2. The minimum atomic E-state index is -0.215. The summed E-state index contributed by atoms with van der Waals surface area (Å²) in [6.07, 6.45) is 0. The van der Waals surface area contributed by atoms with Crippen LogP contribution in [0.5, 0.6) is 0 Å². The lowest BCUT2D eigenvalue weighted by atomic mass is 10.3. The molecular weight excluding hydrogens is 318 g/mol. The molecule has 5 nitrogen and oxygen atoms in total. The highest BCUT2D eigenvalue weighted by Crippen LogP contribution is 2.23. The Balaban J connectivity index is 1.66. The molecule has 2 aromatic heterocycles. The third-order valence-corrected chi connectivity index (χ3v) is 4.98. The molecule has 1 amide bonds.